The highest BCUT2D eigenvalue weighted by Gasteiger charge is 2.66. The second-order valence-corrected chi connectivity index (χ2v) is 11.0. The molecular formula is C26H26O3S2. The van der Waals surface area contributed by atoms with E-state index in [1.54, 1.807) is 0 Å². The molecular weight excluding hydrogens is 424 g/mol. The van der Waals surface area contributed by atoms with Gasteiger partial charge in [-0.2, -0.15) is 0 Å². The van der Waals surface area contributed by atoms with E-state index in [1.165, 1.54) is 9.79 Å². The van der Waals surface area contributed by atoms with Crippen molar-refractivity contribution in [3.8, 4) is 0 Å². The topological polar surface area (TPSA) is 38.7 Å². The van der Waals surface area contributed by atoms with Crippen molar-refractivity contribution < 1.29 is 14.6 Å². The Morgan fingerprint density at radius 1 is 0.806 bits per heavy atom. The van der Waals surface area contributed by atoms with Crippen LogP contribution in [0, 0.1) is 11.8 Å². The molecule has 1 N–H and O–H groups in total. The van der Waals surface area contributed by atoms with Gasteiger partial charge in [-0.1, -0.05) is 67.6 Å². The number of hydrogen-bond acceptors (Lipinski definition) is 5. The summed E-state index contributed by atoms with van der Waals surface area (Å²) in [7, 11) is 0. The molecule has 3 aromatic rings. The predicted octanol–water partition coefficient (Wildman–Crippen LogP) is 6.31. The van der Waals surface area contributed by atoms with Gasteiger partial charge >= 0.3 is 0 Å². The fourth-order valence-electron chi connectivity index (χ4n) is 4.32. The first kappa shape index (κ1) is 21.1. The van der Waals surface area contributed by atoms with E-state index in [2.05, 4.69) is 55.5 Å². The van der Waals surface area contributed by atoms with Crippen LogP contribution in [0.3, 0.4) is 0 Å². The van der Waals surface area contributed by atoms with E-state index in [1.807, 2.05) is 59.9 Å². The third kappa shape index (κ3) is 4.30. The lowest BCUT2D eigenvalue weighted by molar-refractivity contribution is -0.0441. The molecule has 1 aliphatic heterocycles. The molecule has 1 aliphatic carbocycles. The van der Waals surface area contributed by atoms with Crippen LogP contribution in [0.15, 0.2) is 94.7 Å². The fourth-order valence-corrected chi connectivity index (χ4v) is 7.86. The predicted molar refractivity (Wildman–Crippen MR) is 126 cm³/mol. The number of rotatable bonds is 7. The van der Waals surface area contributed by atoms with E-state index in [9.17, 15) is 5.11 Å². The van der Waals surface area contributed by atoms with E-state index in [-0.39, 0.29) is 16.3 Å². The van der Waals surface area contributed by atoms with Gasteiger partial charge in [-0.25, -0.2) is 0 Å². The average Bonchev–Trinajstić information content (AvgIpc) is 3.15. The van der Waals surface area contributed by atoms with Crippen molar-refractivity contribution >= 4 is 23.5 Å². The molecule has 3 atom stereocenters. The van der Waals surface area contributed by atoms with Gasteiger partial charge in [0, 0.05) is 21.3 Å². The summed E-state index contributed by atoms with van der Waals surface area (Å²) in [6.45, 7) is 3.52. The molecule has 1 saturated heterocycles. The lowest BCUT2D eigenvalue weighted by Gasteiger charge is -2.20. The van der Waals surface area contributed by atoms with Crippen LogP contribution >= 0.6 is 23.5 Å². The molecule has 0 aromatic heterocycles. The lowest BCUT2D eigenvalue weighted by atomic mass is 10.0. The zero-order chi connectivity index (χ0) is 21.3. The Morgan fingerprint density at radius 3 is 1.84 bits per heavy atom. The number of aliphatic hydroxyl groups excluding tert-OH is 1. The minimum atomic E-state index is -0.526. The Labute approximate surface area is 192 Å². The van der Waals surface area contributed by atoms with Crippen molar-refractivity contribution in [3.63, 3.8) is 0 Å². The van der Waals surface area contributed by atoms with Crippen molar-refractivity contribution in [2.75, 3.05) is 13.2 Å². The molecule has 0 spiro atoms. The molecule has 2 fully saturated rings. The second kappa shape index (κ2) is 9.00. The van der Waals surface area contributed by atoms with Crippen molar-refractivity contribution in [1.82, 2.24) is 0 Å². The van der Waals surface area contributed by atoms with Gasteiger partial charge in [0.15, 0.2) is 6.29 Å². The van der Waals surface area contributed by atoms with Crippen molar-refractivity contribution in [1.29, 1.82) is 0 Å². The van der Waals surface area contributed by atoms with Crippen LogP contribution < -0.4 is 0 Å². The Hall–Kier alpha value is -1.76. The second-order valence-electron chi connectivity index (χ2n) is 8.05. The van der Waals surface area contributed by atoms with E-state index >= 15 is 0 Å². The maximum absolute atomic E-state index is 11.4. The summed E-state index contributed by atoms with van der Waals surface area (Å²) in [6, 6.07) is 29.1. The summed E-state index contributed by atoms with van der Waals surface area (Å²) < 4.78 is 11.1. The normalized spacial score (nSPS) is 23.5. The quantitative estimate of drug-likeness (QED) is 0.427. The Kier molecular flexibility index (Phi) is 6.13. The summed E-state index contributed by atoms with van der Waals surface area (Å²) in [6.07, 6.45) is -0.811. The standard InChI is InChI=1S/C26H26O3S2/c1-18-23(24(27)19-12-14-20(15-13-19)25-28-16-17-29-25)26(18,30-21-8-4-2-5-9-21)31-22-10-6-3-7-11-22/h2-15,18,23-25,27H,16-17H2,1H3/t18-,23+,24?/m0/s1. The molecule has 0 radical (unpaired) electrons. The van der Waals surface area contributed by atoms with Crippen LogP contribution in [0.4, 0.5) is 0 Å². The number of benzene rings is 3. The van der Waals surface area contributed by atoms with E-state index in [0.29, 0.717) is 19.1 Å². The fraction of sp³-hybridized carbons (Fsp3) is 0.308. The van der Waals surface area contributed by atoms with Crippen molar-refractivity contribution in [2.45, 2.75) is 33.2 Å². The third-order valence-electron chi connectivity index (χ3n) is 6.08. The zero-order valence-corrected chi connectivity index (χ0v) is 19.0. The molecule has 5 rings (SSSR count). The van der Waals surface area contributed by atoms with Gasteiger partial charge in [0.05, 0.1) is 23.4 Å². The molecule has 31 heavy (non-hydrogen) atoms. The molecule has 5 heteroatoms. The highest BCUT2D eigenvalue weighted by atomic mass is 32.2. The molecule has 160 valence electrons. The highest BCUT2D eigenvalue weighted by molar-refractivity contribution is 8.18. The smallest absolute Gasteiger partial charge is 0.184 e. The first-order chi connectivity index (χ1) is 15.2. The van der Waals surface area contributed by atoms with Gasteiger partial charge in [0.2, 0.25) is 0 Å². The number of hydrogen-bond donors (Lipinski definition) is 1. The van der Waals surface area contributed by atoms with Gasteiger partial charge in [-0.15, -0.1) is 23.5 Å². The van der Waals surface area contributed by atoms with Gasteiger partial charge < -0.3 is 14.6 Å². The molecule has 3 nitrogen and oxygen atoms in total. The van der Waals surface area contributed by atoms with Crippen LogP contribution in [0.1, 0.15) is 30.4 Å². The Balaban J connectivity index is 1.39. The largest absolute Gasteiger partial charge is 0.388 e. The van der Waals surface area contributed by atoms with Crippen molar-refractivity contribution in [3.05, 3.63) is 96.1 Å². The molecule has 3 aromatic carbocycles. The minimum Gasteiger partial charge on any atom is -0.388 e. The van der Waals surface area contributed by atoms with Crippen LogP contribution in [-0.4, -0.2) is 22.4 Å². The van der Waals surface area contributed by atoms with E-state index < -0.39 is 6.10 Å². The van der Waals surface area contributed by atoms with Gasteiger partial charge in [0.1, 0.15) is 0 Å². The third-order valence-corrected chi connectivity index (χ3v) is 9.52. The number of aliphatic hydroxyl groups is 1. The zero-order valence-electron chi connectivity index (χ0n) is 17.4. The molecule has 0 amide bonds. The summed E-state index contributed by atoms with van der Waals surface area (Å²) in [5.41, 5.74) is 1.95. The van der Waals surface area contributed by atoms with Crippen LogP contribution in [0.5, 0.6) is 0 Å². The monoisotopic (exact) mass is 450 g/mol. The molecule has 1 heterocycles. The Bertz CT molecular complexity index is 947. The average molecular weight is 451 g/mol. The summed E-state index contributed by atoms with van der Waals surface area (Å²) in [5, 5.41) is 11.4. The molecule has 2 aliphatic rings. The number of thioether (sulfide) groups is 2. The lowest BCUT2D eigenvalue weighted by Crippen LogP contribution is -2.10. The first-order valence-corrected chi connectivity index (χ1v) is 12.3. The molecule has 1 unspecified atom stereocenters. The maximum Gasteiger partial charge on any atom is 0.184 e. The SMILES string of the molecule is C[C@H]1[C@H](C(O)c2ccc(C3OCCO3)cc2)C1(Sc1ccccc1)Sc1ccccc1. The number of ether oxygens (including phenoxy) is 2. The van der Waals surface area contributed by atoms with E-state index in [4.69, 9.17) is 9.47 Å². The van der Waals surface area contributed by atoms with Gasteiger partial charge in [-0.3, -0.25) is 0 Å². The maximum atomic E-state index is 11.4. The van der Waals surface area contributed by atoms with Crippen LogP contribution in [-0.2, 0) is 9.47 Å². The Morgan fingerprint density at radius 2 is 1.32 bits per heavy atom. The molecule has 0 bridgehead atoms. The van der Waals surface area contributed by atoms with Crippen molar-refractivity contribution in [2.24, 2.45) is 11.8 Å². The van der Waals surface area contributed by atoms with Gasteiger partial charge in [-0.05, 0) is 35.7 Å². The van der Waals surface area contributed by atoms with Crippen LogP contribution in [0.2, 0.25) is 0 Å². The highest BCUT2D eigenvalue weighted by Crippen LogP contribution is 2.72. The summed E-state index contributed by atoms with van der Waals surface area (Å²) in [5.74, 6) is 0.506. The molecule has 1 saturated carbocycles. The minimum absolute atomic E-state index is 0.113. The summed E-state index contributed by atoms with van der Waals surface area (Å²) in [4.78, 5) is 2.47. The van der Waals surface area contributed by atoms with Gasteiger partial charge in [0.25, 0.3) is 0 Å². The summed E-state index contributed by atoms with van der Waals surface area (Å²) >= 11 is 3.76. The first-order valence-electron chi connectivity index (χ1n) is 10.7. The van der Waals surface area contributed by atoms with E-state index in [0.717, 1.165) is 11.1 Å². The van der Waals surface area contributed by atoms with Crippen LogP contribution in [0.25, 0.3) is 0 Å².